The molecule has 1 aliphatic heterocycles. The fourth-order valence-electron chi connectivity index (χ4n) is 2.67. The summed E-state index contributed by atoms with van der Waals surface area (Å²) in [7, 11) is 0. The van der Waals surface area contributed by atoms with E-state index in [0.29, 0.717) is 36.7 Å². The smallest absolute Gasteiger partial charge is 0.338 e. The van der Waals surface area contributed by atoms with Crippen molar-refractivity contribution in [3.05, 3.63) is 57.3 Å². The molecule has 0 radical (unpaired) electrons. The van der Waals surface area contributed by atoms with E-state index in [2.05, 4.69) is 0 Å². The van der Waals surface area contributed by atoms with Gasteiger partial charge in [0.25, 0.3) is 0 Å². The fraction of sp³-hybridized carbons (Fsp3) is 0.350. The van der Waals surface area contributed by atoms with Crippen molar-refractivity contribution in [3.63, 3.8) is 0 Å². The van der Waals surface area contributed by atoms with E-state index in [9.17, 15) is 14.4 Å². The van der Waals surface area contributed by atoms with Crippen molar-refractivity contribution in [3.8, 4) is 0 Å². The number of ether oxygens (including phenoxy) is 2. The Hall–Kier alpha value is -2.51. The molecule has 0 saturated carbocycles. The lowest BCUT2D eigenvalue weighted by molar-refractivity contribution is -0.134. The molecule has 0 N–H and O–H groups in total. The van der Waals surface area contributed by atoms with E-state index in [1.165, 1.54) is 11.3 Å². The van der Waals surface area contributed by atoms with Gasteiger partial charge in [-0.1, -0.05) is 17.7 Å². The second kappa shape index (κ2) is 8.92. The first-order valence-corrected chi connectivity index (χ1v) is 9.56. The summed E-state index contributed by atoms with van der Waals surface area (Å²) in [6.45, 7) is 3.94. The largest absolute Gasteiger partial charge is 0.454 e. The summed E-state index contributed by atoms with van der Waals surface area (Å²) in [6.07, 6.45) is 0.265. The van der Waals surface area contributed by atoms with Crippen LogP contribution >= 0.6 is 11.3 Å². The molecule has 1 amide bonds. The van der Waals surface area contributed by atoms with Crippen LogP contribution in [0.2, 0.25) is 0 Å². The van der Waals surface area contributed by atoms with Crippen molar-refractivity contribution in [2.24, 2.45) is 0 Å². The molecule has 2 aromatic rings. The molecule has 1 aromatic carbocycles. The van der Waals surface area contributed by atoms with Crippen LogP contribution in [0.15, 0.2) is 36.4 Å². The molecule has 1 aliphatic rings. The molecule has 1 fully saturated rings. The lowest BCUT2D eigenvalue weighted by Crippen LogP contribution is -2.41. The van der Waals surface area contributed by atoms with Gasteiger partial charge in [0.05, 0.1) is 30.1 Å². The van der Waals surface area contributed by atoms with Gasteiger partial charge < -0.3 is 14.4 Å². The second-order valence-corrected chi connectivity index (χ2v) is 7.47. The van der Waals surface area contributed by atoms with Gasteiger partial charge in [-0.25, -0.2) is 4.79 Å². The van der Waals surface area contributed by atoms with Gasteiger partial charge in [-0.05, 0) is 31.2 Å². The number of esters is 1. The van der Waals surface area contributed by atoms with E-state index in [1.807, 2.05) is 19.1 Å². The van der Waals surface area contributed by atoms with Gasteiger partial charge in [0.2, 0.25) is 11.7 Å². The lowest BCUT2D eigenvalue weighted by atomic mass is 10.1. The molecular formula is C20H21NO5S. The molecule has 0 bridgehead atoms. The summed E-state index contributed by atoms with van der Waals surface area (Å²) in [6, 6.07) is 10.4. The van der Waals surface area contributed by atoms with Gasteiger partial charge in [0.1, 0.15) is 0 Å². The highest BCUT2D eigenvalue weighted by atomic mass is 32.1. The van der Waals surface area contributed by atoms with Crippen LogP contribution in [0.3, 0.4) is 0 Å². The number of thiophene rings is 1. The number of aryl methyl sites for hydroxylation is 1. The van der Waals surface area contributed by atoms with Crippen LogP contribution in [0.1, 0.15) is 30.5 Å². The van der Waals surface area contributed by atoms with Gasteiger partial charge in [-0.15, -0.1) is 11.3 Å². The van der Waals surface area contributed by atoms with Crippen LogP contribution in [0.4, 0.5) is 0 Å². The van der Waals surface area contributed by atoms with E-state index < -0.39 is 5.97 Å². The van der Waals surface area contributed by atoms with Gasteiger partial charge in [-0.3, -0.25) is 9.59 Å². The standard InChI is InChI=1S/C20H21NO5S/c1-14-2-4-15(5-3-14)20(24)26-13-17(22)18-7-6-16(27-18)12-19(23)21-8-10-25-11-9-21/h2-7H,8-13H2,1H3. The molecule has 2 heterocycles. The summed E-state index contributed by atoms with van der Waals surface area (Å²) in [5.74, 6) is -0.766. The van der Waals surface area contributed by atoms with Crippen LogP contribution in [0.5, 0.6) is 0 Å². The second-order valence-electron chi connectivity index (χ2n) is 6.30. The van der Waals surface area contributed by atoms with E-state index in [-0.39, 0.29) is 24.7 Å². The Labute approximate surface area is 161 Å². The van der Waals surface area contributed by atoms with E-state index in [0.717, 1.165) is 10.4 Å². The van der Waals surface area contributed by atoms with E-state index >= 15 is 0 Å². The van der Waals surface area contributed by atoms with Crippen molar-refractivity contribution in [1.82, 2.24) is 4.90 Å². The quantitative estimate of drug-likeness (QED) is 0.562. The molecule has 3 rings (SSSR count). The Balaban J connectivity index is 1.51. The minimum Gasteiger partial charge on any atom is -0.454 e. The first-order chi connectivity index (χ1) is 13.0. The van der Waals surface area contributed by atoms with Crippen molar-refractivity contribution in [1.29, 1.82) is 0 Å². The maximum atomic E-state index is 12.3. The molecular weight excluding hydrogens is 366 g/mol. The average molecular weight is 387 g/mol. The maximum absolute atomic E-state index is 12.3. The predicted octanol–water partition coefficient (Wildman–Crippen LogP) is 2.50. The van der Waals surface area contributed by atoms with Crippen LogP contribution in [0.25, 0.3) is 0 Å². The zero-order valence-corrected chi connectivity index (χ0v) is 15.9. The highest BCUT2D eigenvalue weighted by Gasteiger charge is 2.19. The number of carbonyl (C=O) groups is 3. The minimum atomic E-state index is -0.525. The van der Waals surface area contributed by atoms with E-state index in [4.69, 9.17) is 9.47 Å². The van der Waals surface area contributed by atoms with Crippen molar-refractivity contribution in [2.75, 3.05) is 32.9 Å². The van der Waals surface area contributed by atoms with Gasteiger partial charge >= 0.3 is 5.97 Å². The van der Waals surface area contributed by atoms with Crippen LogP contribution in [-0.2, 0) is 20.7 Å². The fourth-order valence-corrected chi connectivity index (χ4v) is 3.59. The van der Waals surface area contributed by atoms with Crippen molar-refractivity contribution >= 4 is 29.0 Å². The summed E-state index contributed by atoms with van der Waals surface area (Å²) < 4.78 is 10.3. The molecule has 6 nitrogen and oxygen atoms in total. The summed E-state index contributed by atoms with van der Waals surface area (Å²) >= 11 is 1.26. The normalized spacial score (nSPS) is 14.0. The molecule has 142 valence electrons. The number of rotatable bonds is 6. The Bertz CT molecular complexity index is 821. The van der Waals surface area contributed by atoms with Gasteiger partial charge in [-0.2, -0.15) is 0 Å². The molecule has 27 heavy (non-hydrogen) atoms. The number of hydrogen-bond acceptors (Lipinski definition) is 6. The van der Waals surface area contributed by atoms with Crippen molar-refractivity contribution in [2.45, 2.75) is 13.3 Å². The molecule has 0 aliphatic carbocycles. The molecule has 1 saturated heterocycles. The Morgan fingerprint density at radius 2 is 1.78 bits per heavy atom. The summed E-state index contributed by atoms with van der Waals surface area (Å²) in [5, 5.41) is 0. The number of ketones is 1. The first-order valence-electron chi connectivity index (χ1n) is 8.74. The van der Waals surface area contributed by atoms with Crippen LogP contribution in [0, 0.1) is 6.92 Å². The Morgan fingerprint density at radius 3 is 2.48 bits per heavy atom. The highest BCUT2D eigenvalue weighted by molar-refractivity contribution is 7.14. The van der Waals surface area contributed by atoms with Crippen molar-refractivity contribution < 1.29 is 23.9 Å². The first kappa shape index (κ1) is 19.3. The third kappa shape index (κ3) is 5.24. The van der Waals surface area contributed by atoms with Crippen LogP contribution < -0.4 is 0 Å². The van der Waals surface area contributed by atoms with E-state index in [1.54, 1.807) is 29.2 Å². The maximum Gasteiger partial charge on any atom is 0.338 e. The SMILES string of the molecule is Cc1ccc(C(=O)OCC(=O)c2ccc(CC(=O)N3CCOCC3)s2)cc1. The lowest BCUT2D eigenvalue weighted by Gasteiger charge is -2.26. The third-order valence-corrected chi connectivity index (χ3v) is 5.37. The van der Waals surface area contributed by atoms with Gasteiger partial charge in [0, 0.05) is 18.0 Å². The summed E-state index contributed by atoms with van der Waals surface area (Å²) in [4.78, 5) is 39.6. The zero-order chi connectivity index (χ0) is 19.2. The summed E-state index contributed by atoms with van der Waals surface area (Å²) in [5.41, 5.74) is 1.46. The number of morpholine rings is 1. The number of hydrogen-bond donors (Lipinski definition) is 0. The average Bonchev–Trinajstić information content (AvgIpc) is 3.15. The molecule has 0 spiro atoms. The number of amides is 1. The Morgan fingerprint density at radius 1 is 1.07 bits per heavy atom. The Kier molecular flexibility index (Phi) is 6.36. The molecule has 1 aromatic heterocycles. The number of carbonyl (C=O) groups excluding carboxylic acids is 3. The molecule has 7 heteroatoms. The monoisotopic (exact) mass is 387 g/mol. The number of Topliss-reactive ketones (excluding diaryl/α,β-unsaturated/α-hetero) is 1. The molecule has 0 unspecified atom stereocenters. The molecule has 0 atom stereocenters. The predicted molar refractivity (Wildman–Crippen MR) is 101 cm³/mol. The highest BCUT2D eigenvalue weighted by Crippen LogP contribution is 2.19. The topological polar surface area (TPSA) is 72.9 Å². The zero-order valence-electron chi connectivity index (χ0n) is 15.1. The third-order valence-electron chi connectivity index (χ3n) is 4.25. The van der Waals surface area contributed by atoms with Gasteiger partial charge in [0.15, 0.2) is 6.61 Å². The minimum absolute atomic E-state index is 0.0324. The van der Waals surface area contributed by atoms with Crippen LogP contribution in [-0.4, -0.2) is 55.5 Å². The number of benzene rings is 1. The number of nitrogens with zero attached hydrogens (tertiary/aromatic N) is 1.